The van der Waals surface area contributed by atoms with Crippen molar-refractivity contribution in [2.24, 2.45) is 0 Å². The summed E-state index contributed by atoms with van der Waals surface area (Å²) in [5, 5.41) is 1.92. The van der Waals surface area contributed by atoms with Crippen LogP contribution in [0.25, 0.3) is 11.3 Å². The van der Waals surface area contributed by atoms with Gasteiger partial charge in [0, 0.05) is 10.9 Å². The summed E-state index contributed by atoms with van der Waals surface area (Å²) in [6.45, 7) is 0. The highest BCUT2D eigenvalue weighted by molar-refractivity contribution is 7.13. The maximum atomic E-state index is 12.0. The van der Waals surface area contributed by atoms with E-state index >= 15 is 0 Å². The van der Waals surface area contributed by atoms with Gasteiger partial charge in [0.25, 0.3) is 0 Å². The Morgan fingerprint density at radius 3 is 2.56 bits per heavy atom. The van der Waals surface area contributed by atoms with E-state index < -0.39 is 12.1 Å². The average molecular weight is 295 g/mol. The Hall–Kier alpha value is -1.47. The smallest absolute Gasteiger partial charge is 0.404 e. The molecule has 0 radical (unpaired) electrons. The lowest BCUT2D eigenvalue weighted by Crippen LogP contribution is -2.17. The average Bonchev–Trinajstić information content (AvgIpc) is 2.66. The third-order valence-electron chi connectivity index (χ3n) is 1.98. The molecule has 96 valence electrons. The monoisotopic (exact) mass is 294 g/mol. The number of nitrogens with two attached hydrogens (primary N) is 1. The van der Waals surface area contributed by atoms with E-state index in [-0.39, 0.29) is 5.02 Å². The predicted octanol–water partition coefficient (Wildman–Crippen LogP) is 3.94. The topological polar surface area (TPSA) is 48.1 Å². The Morgan fingerprint density at radius 1 is 1.33 bits per heavy atom. The molecule has 1 heterocycles. The standard InChI is InChI=1S/C10H6ClF3N2OS/c11-6-3-5(7-4-18-9(15)16-7)1-2-8(6)17-10(12,13)14/h1-4H,(H2,15,16). The maximum absolute atomic E-state index is 12.0. The maximum Gasteiger partial charge on any atom is 0.573 e. The first-order chi connectivity index (χ1) is 8.35. The van der Waals surface area contributed by atoms with Crippen molar-refractivity contribution < 1.29 is 17.9 Å². The molecule has 0 aliphatic carbocycles. The summed E-state index contributed by atoms with van der Waals surface area (Å²) in [5.74, 6) is -0.448. The molecule has 18 heavy (non-hydrogen) atoms. The van der Waals surface area contributed by atoms with Crippen molar-refractivity contribution in [3.63, 3.8) is 0 Å². The number of aromatic nitrogens is 1. The summed E-state index contributed by atoms with van der Waals surface area (Å²) in [4.78, 5) is 4.00. The largest absolute Gasteiger partial charge is 0.573 e. The Labute approximate surface area is 109 Å². The SMILES string of the molecule is Nc1nc(-c2ccc(OC(F)(F)F)c(Cl)c2)cs1. The fraction of sp³-hybridized carbons (Fsp3) is 0.100. The molecular weight excluding hydrogens is 289 g/mol. The number of hydrogen-bond donors (Lipinski definition) is 1. The number of hydrogen-bond acceptors (Lipinski definition) is 4. The molecule has 0 fully saturated rings. The van der Waals surface area contributed by atoms with Crippen molar-refractivity contribution in [1.29, 1.82) is 0 Å². The van der Waals surface area contributed by atoms with Gasteiger partial charge in [-0.05, 0) is 18.2 Å². The van der Waals surface area contributed by atoms with Crippen molar-refractivity contribution in [2.45, 2.75) is 6.36 Å². The number of halogens is 4. The van der Waals surface area contributed by atoms with E-state index in [1.807, 2.05) is 0 Å². The first kappa shape index (κ1) is 13.0. The number of nitrogen functional groups attached to an aromatic ring is 1. The second kappa shape index (κ2) is 4.66. The molecule has 0 spiro atoms. The van der Waals surface area contributed by atoms with Crippen LogP contribution in [0.1, 0.15) is 0 Å². The molecule has 2 N–H and O–H groups in total. The van der Waals surface area contributed by atoms with E-state index in [9.17, 15) is 13.2 Å². The Morgan fingerprint density at radius 2 is 2.06 bits per heavy atom. The molecule has 0 saturated carbocycles. The minimum absolute atomic E-state index is 0.142. The third-order valence-corrected chi connectivity index (χ3v) is 2.94. The van der Waals surface area contributed by atoms with Gasteiger partial charge in [-0.3, -0.25) is 0 Å². The Kier molecular flexibility index (Phi) is 3.36. The number of rotatable bonds is 2. The summed E-state index contributed by atoms with van der Waals surface area (Å²) < 4.78 is 39.9. The van der Waals surface area contributed by atoms with Crippen molar-refractivity contribution in [3.05, 3.63) is 28.6 Å². The van der Waals surface area contributed by atoms with Gasteiger partial charge in [0.15, 0.2) is 5.13 Å². The van der Waals surface area contributed by atoms with E-state index in [2.05, 4.69) is 9.72 Å². The number of anilines is 1. The molecule has 1 aromatic carbocycles. The summed E-state index contributed by atoms with van der Waals surface area (Å²) in [6, 6.07) is 3.92. The summed E-state index contributed by atoms with van der Waals surface area (Å²) >= 11 is 6.94. The lowest BCUT2D eigenvalue weighted by molar-refractivity contribution is -0.274. The van der Waals surface area contributed by atoms with Gasteiger partial charge in [-0.15, -0.1) is 24.5 Å². The zero-order valence-corrected chi connectivity index (χ0v) is 10.2. The molecule has 8 heteroatoms. The summed E-state index contributed by atoms with van der Waals surface area (Å²) in [5.41, 5.74) is 6.59. The Balaban J connectivity index is 2.30. The summed E-state index contributed by atoms with van der Waals surface area (Å²) in [7, 11) is 0. The van der Waals surface area contributed by atoms with Crippen LogP contribution < -0.4 is 10.5 Å². The van der Waals surface area contributed by atoms with Crippen LogP contribution in [0, 0.1) is 0 Å². The number of benzene rings is 1. The molecule has 0 atom stereocenters. The molecule has 0 saturated heterocycles. The number of alkyl halides is 3. The van der Waals surface area contributed by atoms with Gasteiger partial charge in [0.05, 0.1) is 10.7 Å². The van der Waals surface area contributed by atoms with Crippen LogP contribution in [0.2, 0.25) is 5.02 Å². The van der Waals surface area contributed by atoms with Crippen LogP contribution in [0.15, 0.2) is 23.6 Å². The fourth-order valence-electron chi connectivity index (χ4n) is 1.29. The molecule has 0 unspecified atom stereocenters. The van der Waals surface area contributed by atoms with Crippen LogP contribution in [-0.2, 0) is 0 Å². The van der Waals surface area contributed by atoms with Crippen LogP contribution in [0.5, 0.6) is 5.75 Å². The van der Waals surface area contributed by atoms with Crippen molar-refractivity contribution in [1.82, 2.24) is 4.98 Å². The minimum Gasteiger partial charge on any atom is -0.404 e. The van der Waals surface area contributed by atoms with Crippen LogP contribution in [-0.4, -0.2) is 11.3 Å². The first-order valence-corrected chi connectivity index (χ1v) is 5.87. The highest BCUT2D eigenvalue weighted by Crippen LogP contribution is 2.34. The normalized spacial score (nSPS) is 11.6. The van der Waals surface area contributed by atoms with E-state index in [0.717, 1.165) is 6.07 Å². The van der Waals surface area contributed by atoms with Gasteiger partial charge in [-0.1, -0.05) is 11.6 Å². The molecule has 2 rings (SSSR count). The molecule has 0 aliphatic heterocycles. The minimum atomic E-state index is -4.77. The highest BCUT2D eigenvalue weighted by atomic mass is 35.5. The van der Waals surface area contributed by atoms with Gasteiger partial charge in [0.1, 0.15) is 5.75 Å². The third kappa shape index (κ3) is 3.05. The fourth-order valence-corrected chi connectivity index (χ4v) is 2.08. The van der Waals surface area contributed by atoms with Crippen LogP contribution >= 0.6 is 22.9 Å². The zero-order chi connectivity index (χ0) is 13.3. The Bertz CT molecular complexity index is 570. The molecular formula is C10H6ClF3N2OS. The van der Waals surface area contributed by atoms with E-state index in [1.54, 1.807) is 5.38 Å². The van der Waals surface area contributed by atoms with Crippen molar-refractivity contribution in [2.75, 3.05) is 5.73 Å². The molecule has 2 aromatic rings. The highest BCUT2D eigenvalue weighted by Gasteiger charge is 2.32. The van der Waals surface area contributed by atoms with Gasteiger partial charge in [-0.2, -0.15) is 0 Å². The molecule has 0 aliphatic rings. The van der Waals surface area contributed by atoms with Gasteiger partial charge in [0.2, 0.25) is 0 Å². The van der Waals surface area contributed by atoms with Crippen LogP contribution in [0.4, 0.5) is 18.3 Å². The van der Waals surface area contributed by atoms with Crippen molar-refractivity contribution in [3.8, 4) is 17.0 Å². The lowest BCUT2D eigenvalue weighted by atomic mass is 10.2. The van der Waals surface area contributed by atoms with E-state index in [0.29, 0.717) is 16.4 Å². The molecule has 0 amide bonds. The van der Waals surface area contributed by atoms with Crippen LogP contribution in [0.3, 0.4) is 0 Å². The number of thiazole rings is 1. The van der Waals surface area contributed by atoms with Gasteiger partial charge >= 0.3 is 6.36 Å². The zero-order valence-electron chi connectivity index (χ0n) is 8.66. The number of nitrogens with zero attached hydrogens (tertiary/aromatic N) is 1. The van der Waals surface area contributed by atoms with E-state index in [1.165, 1.54) is 23.5 Å². The molecule has 0 bridgehead atoms. The van der Waals surface area contributed by atoms with E-state index in [4.69, 9.17) is 17.3 Å². The molecule has 3 nitrogen and oxygen atoms in total. The van der Waals surface area contributed by atoms with Gasteiger partial charge < -0.3 is 10.5 Å². The van der Waals surface area contributed by atoms with Crippen molar-refractivity contribution >= 4 is 28.1 Å². The number of ether oxygens (including phenoxy) is 1. The second-order valence-corrected chi connectivity index (χ2v) is 4.56. The van der Waals surface area contributed by atoms with Gasteiger partial charge in [-0.25, -0.2) is 4.98 Å². The molecule has 1 aromatic heterocycles. The lowest BCUT2D eigenvalue weighted by Gasteiger charge is -2.10. The predicted molar refractivity (Wildman–Crippen MR) is 63.7 cm³/mol. The quantitative estimate of drug-likeness (QED) is 0.912. The summed E-state index contributed by atoms with van der Waals surface area (Å²) in [6.07, 6.45) is -4.77. The first-order valence-electron chi connectivity index (χ1n) is 4.62. The second-order valence-electron chi connectivity index (χ2n) is 3.26.